The Morgan fingerprint density at radius 2 is 2.00 bits per heavy atom. The second kappa shape index (κ2) is 10.7. The summed E-state index contributed by atoms with van der Waals surface area (Å²) in [6.45, 7) is 6.86. The van der Waals surface area contributed by atoms with Crippen molar-refractivity contribution in [3.05, 3.63) is 60.4 Å². The summed E-state index contributed by atoms with van der Waals surface area (Å²) < 4.78 is 10.4. The maximum absolute atomic E-state index is 11.9. The van der Waals surface area contributed by atoms with E-state index in [0.717, 1.165) is 5.56 Å². The van der Waals surface area contributed by atoms with E-state index in [2.05, 4.69) is 17.2 Å². The third-order valence-corrected chi connectivity index (χ3v) is 3.16. The minimum atomic E-state index is -0.373. The molecule has 0 fully saturated rings. The molecule has 0 aliphatic rings. The van der Waals surface area contributed by atoms with Crippen molar-refractivity contribution in [2.45, 2.75) is 13.8 Å². The molecule has 6 heteroatoms. The standard InChI is InChI=1S/C19H24N2O4/c1-5-6-7-8-15(3)25-13-19(23)20-12-18(22)21-17-10-9-16(24-4)11-14(17)2/h5-11H,1,12-13H2,2-4H3,(H,20,23)(H,21,22)/b7-6-,15-8+. The van der Waals surface area contributed by atoms with E-state index in [1.807, 2.05) is 13.0 Å². The van der Waals surface area contributed by atoms with Crippen molar-refractivity contribution in [3.63, 3.8) is 0 Å². The lowest BCUT2D eigenvalue weighted by atomic mass is 10.2. The van der Waals surface area contributed by atoms with Gasteiger partial charge in [-0.25, -0.2) is 0 Å². The van der Waals surface area contributed by atoms with Crippen LogP contribution >= 0.6 is 0 Å². The summed E-state index contributed by atoms with van der Waals surface area (Å²) in [5, 5.41) is 5.24. The number of allylic oxidation sites excluding steroid dienone is 5. The highest BCUT2D eigenvalue weighted by molar-refractivity contribution is 5.95. The minimum Gasteiger partial charge on any atom is -0.497 e. The first-order valence-electron chi connectivity index (χ1n) is 7.76. The molecule has 1 aromatic rings. The van der Waals surface area contributed by atoms with Crippen molar-refractivity contribution >= 4 is 17.5 Å². The van der Waals surface area contributed by atoms with Gasteiger partial charge in [-0.05, 0) is 43.7 Å². The van der Waals surface area contributed by atoms with Crippen LogP contribution in [0.5, 0.6) is 5.75 Å². The Kier molecular flexibility index (Phi) is 8.57. The van der Waals surface area contributed by atoms with Gasteiger partial charge in [0.05, 0.1) is 19.4 Å². The summed E-state index contributed by atoms with van der Waals surface area (Å²) >= 11 is 0. The molecule has 0 spiro atoms. The Bertz CT molecular complexity index is 678. The molecule has 0 heterocycles. The summed E-state index contributed by atoms with van der Waals surface area (Å²) in [5.41, 5.74) is 1.54. The van der Waals surface area contributed by atoms with Gasteiger partial charge in [0.25, 0.3) is 5.91 Å². The van der Waals surface area contributed by atoms with Crippen LogP contribution in [0.2, 0.25) is 0 Å². The van der Waals surface area contributed by atoms with E-state index in [-0.39, 0.29) is 25.0 Å². The fourth-order valence-electron chi connectivity index (χ4n) is 1.82. The molecule has 0 aliphatic heterocycles. The van der Waals surface area contributed by atoms with Crippen LogP contribution in [0.3, 0.4) is 0 Å². The van der Waals surface area contributed by atoms with Crippen molar-refractivity contribution in [2.24, 2.45) is 0 Å². The number of ether oxygens (including phenoxy) is 2. The zero-order valence-electron chi connectivity index (χ0n) is 14.8. The maximum atomic E-state index is 11.9. The van der Waals surface area contributed by atoms with Crippen LogP contribution in [0.25, 0.3) is 0 Å². The van der Waals surface area contributed by atoms with Crippen molar-refractivity contribution in [1.82, 2.24) is 5.32 Å². The van der Waals surface area contributed by atoms with Gasteiger partial charge in [0.15, 0.2) is 6.61 Å². The Hall–Kier alpha value is -3.02. The van der Waals surface area contributed by atoms with Gasteiger partial charge in [-0.1, -0.05) is 24.8 Å². The van der Waals surface area contributed by atoms with Gasteiger partial charge in [-0.3, -0.25) is 9.59 Å². The van der Waals surface area contributed by atoms with Gasteiger partial charge in [-0.2, -0.15) is 0 Å². The number of benzene rings is 1. The van der Waals surface area contributed by atoms with Crippen LogP contribution in [0.1, 0.15) is 12.5 Å². The van der Waals surface area contributed by atoms with E-state index in [1.54, 1.807) is 50.5 Å². The highest BCUT2D eigenvalue weighted by atomic mass is 16.5. The van der Waals surface area contributed by atoms with Crippen molar-refractivity contribution in [1.29, 1.82) is 0 Å². The molecule has 6 nitrogen and oxygen atoms in total. The number of hydrogen-bond acceptors (Lipinski definition) is 4. The molecule has 134 valence electrons. The van der Waals surface area contributed by atoms with E-state index < -0.39 is 0 Å². The monoisotopic (exact) mass is 344 g/mol. The molecule has 0 aliphatic carbocycles. The minimum absolute atomic E-state index is 0.132. The van der Waals surface area contributed by atoms with Crippen LogP contribution in [0.4, 0.5) is 5.69 Å². The number of carbonyl (C=O) groups excluding carboxylic acids is 2. The molecule has 0 saturated carbocycles. The van der Waals surface area contributed by atoms with Gasteiger partial charge < -0.3 is 20.1 Å². The van der Waals surface area contributed by atoms with Crippen molar-refractivity contribution in [2.75, 3.05) is 25.6 Å². The normalized spacial score (nSPS) is 11.1. The molecule has 2 amide bonds. The third kappa shape index (κ3) is 7.87. The Morgan fingerprint density at radius 3 is 2.64 bits per heavy atom. The van der Waals surface area contributed by atoms with E-state index >= 15 is 0 Å². The average molecular weight is 344 g/mol. The summed E-state index contributed by atoms with van der Waals surface area (Å²) in [6, 6.07) is 5.32. The Morgan fingerprint density at radius 1 is 1.24 bits per heavy atom. The number of nitrogens with one attached hydrogen (secondary N) is 2. The number of anilines is 1. The first kappa shape index (κ1) is 20.0. The molecule has 25 heavy (non-hydrogen) atoms. The van der Waals surface area contributed by atoms with Crippen molar-refractivity contribution in [3.8, 4) is 5.75 Å². The zero-order chi connectivity index (χ0) is 18.7. The molecule has 2 N–H and O–H groups in total. The molecule has 0 bridgehead atoms. The SMILES string of the molecule is C=C/C=C\C=C(/C)OCC(=O)NCC(=O)Nc1ccc(OC)cc1C. The van der Waals surface area contributed by atoms with E-state index in [9.17, 15) is 9.59 Å². The molecule has 0 radical (unpaired) electrons. The maximum Gasteiger partial charge on any atom is 0.258 e. The van der Waals surface area contributed by atoms with Crippen LogP contribution in [0, 0.1) is 6.92 Å². The molecule has 0 aromatic heterocycles. The number of hydrogen-bond donors (Lipinski definition) is 2. The van der Waals surface area contributed by atoms with Crippen LogP contribution in [-0.2, 0) is 14.3 Å². The van der Waals surface area contributed by atoms with Crippen LogP contribution in [-0.4, -0.2) is 32.1 Å². The average Bonchev–Trinajstić information content (AvgIpc) is 2.60. The van der Waals surface area contributed by atoms with E-state index in [4.69, 9.17) is 9.47 Å². The topological polar surface area (TPSA) is 76.7 Å². The lowest BCUT2D eigenvalue weighted by Gasteiger charge is -2.11. The summed E-state index contributed by atoms with van der Waals surface area (Å²) in [4.78, 5) is 23.6. The van der Waals surface area contributed by atoms with Crippen molar-refractivity contribution < 1.29 is 19.1 Å². The van der Waals surface area contributed by atoms with E-state index in [1.165, 1.54) is 0 Å². The highest BCUT2D eigenvalue weighted by Crippen LogP contribution is 2.20. The Balaban J connectivity index is 2.38. The second-order valence-electron chi connectivity index (χ2n) is 5.19. The lowest BCUT2D eigenvalue weighted by Crippen LogP contribution is -2.35. The molecule has 0 saturated heterocycles. The number of methoxy groups -OCH3 is 1. The third-order valence-electron chi connectivity index (χ3n) is 3.16. The molecule has 0 atom stereocenters. The fourth-order valence-corrected chi connectivity index (χ4v) is 1.82. The lowest BCUT2D eigenvalue weighted by molar-refractivity contribution is -0.126. The molecule has 0 unspecified atom stereocenters. The number of aryl methyl sites for hydroxylation is 1. The predicted octanol–water partition coefficient (Wildman–Crippen LogP) is 2.72. The summed E-state index contributed by atoms with van der Waals surface area (Å²) in [7, 11) is 1.58. The zero-order valence-corrected chi connectivity index (χ0v) is 14.8. The summed E-state index contributed by atoms with van der Waals surface area (Å²) in [5.74, 6) is 0.615. The van der Waals surface area contributed by atoms with E-state index in [0.29, 0.717) is 17.2 Å². The molecule has 1 rings (SSSR count). The number of amides is 2. The van der Waals surface area contributed by atoms with Gasteiger partial charge in [0.2, 0.25) is 5.91 Å². The quantitative estimate of drug-likeness (QED) is 0.533. The molecular weight excluding hydrogens is 320 g/mol. The second-order valence-corrected chi connectivity index (χ2v) is 5.19. The number of carbonyl (C=O) groups is 2. The van der Waals surface area contributed by atoms with Gasteiger partial charge >= 0.3 is 0 Å². The first-order chi connectivity index (χ1) is 12.0. The van der Waals surface area contributed by atoms with Gasteiger partial charge in [0.1, 0.15) is 5.75 Å². The summed E-state index contributed by atoms with van der Waals surface area (Å²) in [6.07, 6.45) is 6.86. The smallest absolute Gasteiger partial charge is 0.258 e. The molecule has 1 aromatic carbocycles. The van der Waals surface area contributed by atoms with Gasteiger partial charge in [0, 0.05) is 5.69 Å². The fraction of sp³-hybridized carbons (Fsp3) is 0.263. The number of rotatable bonds is 9. The predicted molar refractivity (Wildman–Crippen MR) is 98.4 cm³/mol. The van der Waals surface area contributed by atoms with Crippen LogP contribution < -0.4 is 15.4 Å². The Labute approximate surface area is 148 Å². The van der Waals surface area contributed by atoms with Gasteiger partial charge in [-0.15, -0.1) is 0 Å². The first-order valence-corrected chi connectivity index (χ1v) is 7.76. The van der Waals surface area contributed by atoms with Crippen LogP contribution in [0.15, 0.2) is 54.8 Å². The highest BCUT2D eigenvalue weighted by Gasteiger charge is 2.08. The molecular formula is C19H24N2O4. The largest absolute Gasteiger partial charge is 0.497 e.